The molecular formula is C13H13F3N2O3. The summed E-state index contributed by atoms with van der Waals surface area (Å²) in [6.07, 6.45) is -1.80. The highest BCUT2D eigenvalue weighted by atomic mass is 19.4. The highest BCUT2D eigenvalue weighted by Crippen LogP contribution is 2.33. The Bertz CT molecular complexity index is 539. The van der Waals surface area contributed by atoms with Gasteiger partial charge in [0, 0.05) is 6.20 Å². The van der Waals surface area contributed by atoms with Gasteiger partial charge in [0.1, 0.15) is 11.7 Å². The fourth-order valence-corrected chi connectivity index (χ4v) is 1.84. The number of carboxylic acids is 1. The molecule has 1 aliphatic rings. The highest BCUT2D eigenvalue weighted by Gasteiger charge is 2.32. The average Bonchev–Trinajstić information content (AvgIpc) is 3.21. The van der Waals surface area contributed by atoms with Crippen molar-refractivity contribution in [2.24, 2.45) is 5.92 Å². The minimum Gasteiger partial charge on any atom is -0.480 e. The summed E-state index contributed by atoms with van der Waals surface area (Å²) in [5.41, 5.74) is -1.21. The minimum atomic E-state index is -4.53. The van der Waals surface area contributed by atoms with Crippen molar-refractivity contribution in [2.45, 2.75) is 31.5 Å². The lowest BCUT2D eigenvalue weighted by molar-refractivity contribution is -0.139. The Morgan fingerprint density at radius 3 is 2.48 bits per heavy atom. The molecule has 1 saturated carbocycles. The van der Waals surface area contributed by atoms with Crippen molar-refractivity contribution in [1.29, 1.82) is 0 Å². The monoisotopic (exact) mass is 302 g/mol. The standard InChI is InChI=1S/C13H13F3N2O3/c14-13(15,16)8-3-4-9(17-6-8)11(19)18-10(12(20)21)5-7-1-2-7/h3-4,6-7,10H,1-2,5H2,(H,18,19)(H,20,21). The van der Waals surface area contributed by atoms with Crippen LogP contribution < -0.4 is 5.32 Å². The van der Waals surface area contributed by atoms with Crippen LogP contribution in [0.5, 0.6) is 0 Å². The van der Waals surface area contributed by atoms with Gasteiger partial charge in [-0.25, -0.2) is 4.79 Å². The molecule has 1 heterocycles. The number of amides is 1. The Balaban J connectivity index is 2.03. The van der Waals surface area contributed by atoms with Crippen LogP contribution in [0.15, 0.2) is 18.3 Å². The van der Waals surface area contributed by atoms with Crippen LogP contribution in [0.3, 0.4) is 0 Å². The molecule has 21 heavy (non-hydrogen) atoms. The van der Waals surface area contributed by atoms with E-state index in [9.17, 15) is 22.8 Å². The van der Waals surface area contributed by atoms with E-state index in [2.05, 4.69) is 10.3 Å². The smallest absolute Gasteiger partial charge is 0.417 e. The first-order valence-corrected chi connectivity index (χ1v) is 6.34. The topological polar surface area (TPSA) is 79.3 Å². The normalized spacial score (nSPS) is 16.3. The number of nitrogens with zero attached hydrogens (tertiary/aromatic N) is 1. The van der Waals surface area contributed by atoms with Gasteiger partial charge in [-0.15, -0.1) is 0 Å². The van der Waals surface area contributed by atoms with E-state index in [1.54, 1.807) is 0 Å². The van der Waals surface area contributed by atoms with Crippen molar-refractivity contribution in [3.05, 3.63) is 29.6 Å². The number of aliphatic carboxylic acids is 1. The van der Waals surface area contributed by atoms with E-state index in [0.29, 0.717) is 12.6 Å². The van der Waals surface area contributed by atoms with Crippen molar-refractivity contribution in [3.8, 4) is 0 Å². The molecule has 0 radical (unpaired) electrons. The van der Waals surface area contributed by atoms with Gasteiger partial charge in [-0.3, -0.25) is 9.78 Å². The Hall–Kier alpha value is -2.12. The van der Waals surface area contributed by atoms with Crippen molar-refractivity contribution in [1.82, 2.24) is 10.3 Å². The molecule has 2 rings (SSSR count). The molecule has 0 spiro atoms. The third kappa shape index (κ3) is 4.17. The predicted octanol–water partition coefficient (Wildman–Crippen LogP) is 2.08. The van der Waals surface area contributed by atoms with Gasteiger partial charge in [-0.05, 0) is 24.5 Å². The van der Waals surface area contributed by atoms with Gasteiger partial charge in [0.15, 0.2) is 0 Å². The molecule has 1 unspecified atom stereocenters. The fourth-order valence-electron chi connectivity index (χ4n) is 1.84. The second-order valence-corrected chi connectivity index (χ2v) is 4.97. The van der Waals surface area contributed by atoms with Gasteiger partial charge in [0.25, 0.3) is 5.91 Å². The van der Waals surface area contributed by atoms with Crippen LogP contribution in [-0.2, 0) is 11.0 Å². The molecule has 0 bridgehead atoms. The van der Waals surface area contributed by atoms with E-state index in [-0.39, 0.29) is 11.6 Å². The minimum absolute atomic E-state index is 0.245. The summed E-state index contributed by atoms with van der Waals surface area (Å²) < 4.78 is 37.1. The molecule has 5 nitrogen and oxygen atoms in total. The quantitative estimate of drug-likeness (QED) is 0.873. The number of carboxylic acid groups (broad SMARTS) is 1. The molecule has 1 atom stereocenters. The number of carbonyl (C=O) groups is 2. The number of aromatic nitrogens is 1. The molecule has 1 aromatic rings. The third-order valence-electron chi connectivity index (χ3n) is 3.19. The van der Waals surface area contributed by atoms with Gasteiger partial charge < -0.3 is 10.4 Å². The summed E-state index contributed by atoms with van der Waals surface area (Å²) >= 11 is 0. The van der Waals surface area contributed by atoms with Crippen LogP contribution >= 0.6 is 0 Å². The Labute approximate surface area is 118 Å². The first kappa shape index (κ1) is 15.3. The molecule has 0 aliphatic heterocycles. The van der Waals surface area contributed by atoms with Crippen LogP contribution in [0.1, 0.15) is 35.3 Å². The number of nitrogens with one attached hydrogen (secondary N) is 1. The number of hydrogen-bond acceptors (Lipinski definition) is 3. The Morgan fingerprint density at radius 2 is 2.05 bits per heavy atom. The zero-order chi connectivity index (χ0) is 15.6. The Morgan fingerprint density at radius 1 is 1.38 bits per heavy atom. The number of halogens is 3. The lowest BCUT2D eigenvalue weighted by atomic mass is 10.1. The zero-order valence-electron chi connectivity index (χ0n) is 10.9. The summed E-state index contributed by atoms with van der Waals surface area (Å²) in [6.45, 7) is 0. The molecule has 1 aromatic heterocycles. The molecule has 0 saturated heterocycles. The van der Waals surface area contributed by atoms with E-state index >= 15 is 0 Å². The summed E-state index contributed by atoms with van der Waals surface area (Å²) in [4.78, 5) is 26.3. The number of hydrogen-bond donors (Lipinski definition) is 2. The first-order valence-electron chi connectivity index (χ1n) is 6.34. The molecule has 0 aromatic carbocycles. The summed E-state index contributed by atoms with van der Waals surface area (Å²) in [6, 6.07) is 0.612. The number of rotatable bonds is 5. The highest BCUT2D eigenvalue weighted by molar-refractivity contribution is 5.94. The number of pyridine rings is 1. The number of alkyl halides is 3. The van der Waals surface area contributed by atoms with E-state index < -0.39 is 29.7 Å². The van der Waals surface area contributed by atoms with Crippen LogP contribution in [0, 0.1) is 5.92 Å². The molecule has 1 aliphatic carbocycles. The first-order chi connectivity index (χ1) is 9.77. The molecule has 1 fully saturated rings. The zero-order valence-corrected chi connectivity index (χ0v) is 10.9. The summed E-state index contributed by atoms with van der Waals surface area (Å²) in [5.74, 6) is -1.68. The molecular weight excluding hydrogens is 289 g/mol. The van der Waals surface area contributed by atoms with Crippen LogP contribution in [0.4, 0.5) is 13.2 Å². The second kappa shape index (κ2) is 5.71. The maximum absolute atomic E-state index is 12.4. The van der Waals surface area contributed by atoms with Crippen molar-refractivity contribution in [2.75, 3.05) is 0 Å². The molecule has 2 N–H and O–H groups in total. The maximum Gasteiger partial charge on any atom is 0.417 e. The van der Waals surface area contributed by atoms with Gasteiger partial charge in [0.05, 0.1) is 5.56 Å². The van der Waals surface area contributed by atoms with Gasteiger partial charge in [-0.2, -0.15) is 13.2 Å². The lowest BCUT2D eigenvalue weighted by Crippen LogP contribution is -2.41. The van der Waals surface area contributed by atoms with E-state index in [0.717, 1.165) is 25.0 Å². The lowest BCUT2D eigenvalue weighted by Gasteiger charge is -2.14. The Kier molecular flexibility index (Phi) is 4.15. The summed E-state index contributed by atoms with van der Waals surface area (Å²) in [7, 11) is 0. The van der Waals surface area contributed by atoms with Crippen LogP contribution in [0.2, 0.25) is 0 Å². The maximum atomic E-state index is 12.4. The van der Waals surface area contributed by atoms with Crippen molar-refractivity contribution in [3.63, 3.8) is 0 Å². The SMILES string of the molecule is O=C(NC(CC1CC1)C(=O)O)c1ccc(C(F)(F)F)cn1. The predicted molar refractivity (Wildman–Crippen MR) is 65.5 cm³/mol. The fraction of sp³-hybridized carbons (Fsp3) is 0.462. The largest absolute Gasteiger partial charge is 0.480 e. The molecule has 8 heteroatoms. The van der Waals surface area contributed by atoms with E-state index in [4.69, 9.17) is 5.11 Å². The molecule has 114 valence electrons. The summed E-state index contributed by atoms with van der Waals surface area (Å²) in [5, 5.41) is 11.3. The van der Waals surface area contributed by atoms with Crippen LogP contribution in [0.25, 0.3) is 0 Å². The van der Waals surface area contributed by atoms with Gasteiger partial charge in [-0.1, -0.05) is 12.8 Å². The van der Waals surface area contributed by atoms with Crippen molar-refractivity contribution < 1.29 is 27.9 Å². The van der Waals surface area contributed by atoms with Crippen molar-refractivity contribution >= 4 is 11.9 Å². The van der Waals surface area contributed by atoms with Gasteiger partial charge >= 0.3 is 12.1 Å². The third-order valence-corrected chi connectivity index (χ3v) is 3.19. The van der Waals surface area contributed by atoms with Gasteiger partial charge in [0.2, 0.25) is 0 Å². The number of carbonyl (C=O) groups excluding carboxylic acids is 1. The second-order valence-electron chi connectivity index (χ2n) is 4.97. The molecule has 1 amide bonds. The average molecular weight is 302 g/mol. The van der Waals surface area contributed by atoms with Crippen LogP contribution in [-0.4, -0.2) is 28.0 Å². The van der Waals surface area contributed by atoms with E-state index in [1.165, 1.54) is 0 Å². The van der Waals surface area contributed by atoms with E-state index in [1.807, 2.05) is 0 Å².